The molecule has 0 aliphatic carbocycles. The van der Waals surface area contributed by atoms with Crippen LogP contribution in [0, 0.1) is 6.92 Å². The Balaban J connectivity index is 1.25. The first-order valence-electron chi connectivity index (χ1n) is 16.8. The molecule has 0 radical (unpaired) electrons. The summed E-state index contributed by atoms with van der Waals surface area (Å²) < 4.78 is 6.57. The van der Waals surface area contributed by atoms with Crippen LogP contribution in [0.3, 0.4) is 0 Å². The Morgan fingerprint density at radius 1 is 0.408 bits per heavy atom. The molecule has 1 heterocycles. The third kappa shape index (κ3) is 5.06. The maximum atomic E-state index is 6.57. The summed E-state index contributed by atoms with van der Waals surface area (Å²) in [6, 6.07) is 65.0. The van der Waals surface area contributed by atoms with Gasteiger partial charge in [0.15, 0.2) is 0 Å². The van der Waals surface area contributed by atoms with Crippen molar-refractivity contribution < 1.29 is 4.42 Å². The zero-order valence-electron chi connectivity index (χ0n) is 27.2. The van der Waals surface area contributed by atoms with Crippen molar-refractivity contribution in [1.29, 1.82) is 0 Å². The maximum absolute atomic E-state index is 6.57. The number of nitrogens with zero attached hydrogens (tertiary/aromatic N) is 1. The predicted octanol–water partition coefficient (Wildman–Crippen LogP) is 13.5. The molecule has 0 aliphatic heterocycles. The van der Waals surface area contributed by atoms with Crippen molar-refractivity contribution in [3.05, 3.63) is 188 Å². The Labute approximate surface area is 286 Å². The van der Waals surface area contributed by atoms with Crippen LogP contribution >= 0.6 is 0 Å². The fourth-order valence-corrected chi connectivity index (χ4v) is 7.22. The zero-order valence-corrected chi connectivity index (χ0v) is 27.2. The van der Waals surface area contributed by atoms with Gasteiger partial charge < -0.3 is 9.32 Å². The molecule has 0 saturated heterocycles. The second kappa shape index (κ2) is 12.0. The normalized spacial score (nSPS) is 11.4. The van der Waals surface area contributed by atoms with E-state index in [0.717, 1.165) is 49.8 Å². The monoisotopic (exact) mass is 627 g/mol. The fourth-order valence-electron chi connectivity index (χ4n) is 7.22. The maximum Gasteiger partial charge on any atom is 0.143 e. The summed E-state index contributed by atoms with van der Waals surface area (Å²) in [6.45, 7) is 2.17. The van der Waals surface area contributed by atoms with Gasteiger partial charge in [-0.1, -0.05) is 152 Å². The summed E-state index contributed by atoms with van der Waals surface area (Å²) in [6.07, 6.45) is 0. The van der Waals surface area contributed by atoms with Crippen LogP contribution in [0.4, 0.5) is 17.1 Å². The molecule has 49 heavy (non-hydrogen) atoms. The molecule has 0 unspecified atom stereocenters. The first-order valence-corrected chi connectivity index (χ1v) is 16.8. The predicted molar refractivity (Wildman–Crippen MR) is 207 cm³/mol. The molecule has 0 N–H and O–H groups in total. The molecule has 1 aromatic heterocycles. The lowest BCUT2D eigenvalue weighted by Crippen LogP contribution is -2.12. The number of fused-ring (bicyclic) bond motifs is 5. The van der Waals surface area contributed by atoms with Crippen LogP contribution in [0.5, 0.6) is 0 Å². The molecule has 2 nitrogen and oxygen atoms in total. The molecule has 2 heteroatoms. The number of hydrogen-bond acceptors (Lipinski definition) is 2. The number of furan rings is 1. The van der Waals surface area contributed by atoms with Crippen LogP contribution in [0.25, 0.3) is 66.1 Å². The van der Waals surface area contributed by atoms with E-state index in [1.54, 1.807) is 0 Å². The number of rotatable bonds is 6. The molecule has 0 amide bonds. The van der Waals surface area contributed by atoms with Crippen LogP contribution in [0.2, 0.25) is 0 Å². The van der Waals surface area contributed by atoms with E-state index in [-0.39, 0.29) is 0 Å². The number of anilines is 3. The minimum absolute atomic E-state index is 0.913. The van der Waals surface area contributed by atoms with Crippen molar-refractivity contribution in [2.75, 3.05) is 4.90 Å². The van der Waals surface area contributed by atoms with Crippen molar-refractivity contribution in [3.8, 4) is 33.4 Å². The van der Waals surface area contributed by atoms with Crippen molar-refractivity contribution in [1.82, 2.24) is 0 Å². The minimum Gasteiger partial charge on any atom is -0.455 e. The van der Waals surface area contributed by atoms with Crippen molar-refractivity contribution >= 4 is 49.8 Å². The van der Waals surface area contributed by atoms with Crippen LogP contribution in [0.15, 0.2) is 186 Å². The number of hydrogen-bond donors (Lipinski definition) is 0. The summed E-state index contributed by atoms with van der Waals surface area (Å²) in [4.78, 5) is 2.42. The molecule has 0 aliphatic rings. The second-order valence-corrected chi connectivity index (χ2v) is 12.6. The molecular formula is C47H33NO. The van der Waals surface area contributed by atoms with Gasteiger partial charge in [0.2, 0.25) is 0 Å². The fraction of sp³-hybridized carbons (Fsp3) is 0.0213. The molecule has 0 atom stereocenters. The lowest BCUT2D eigenvalue weighted by molar-refractivity contribution is 0.672. The molecule has 0 bridgehead atoms. The molecule has 0 fully saturated rings. The lowest BCUT2D eigenvalue weighted by Gasteiger charge is -2.29. The average Bonchev–Trinajstić information content (AvgIpc) is 3.56. The van der Waals surface area contributed by atoms with Gasteiger partial charge in [0.25, 0.3) is 0 Å². The largest absolute Gasteiger partial charge is 0.455 e. The standard InChI is InChI=1S/C47H33NO/c1-32-13-12-22-45-46(32)42-31-44(40-19-8-9-20-41(40)47(42)49-45)48(43-21-11-10-18-39(43)37-16-6-3-7-17-37)38-29-27-36(28-30-38)35-25-23-34(24-26-35)33-14-4-2-5-15-33/h2-31H,1H3. The van der Waals surface area contributed by atoms with Gasteiger partial charge in [0, 0.05) is 32.8 Å². The third-order valence-corrected chi connectivity index (χ3v) is 9.61. The Hall–Kier alpha value is -6.38. The highest BCUT2D eigenvalue weighted by Gasteiger charge is 2.22. The Kier molecular flexibility index (Phi) is 7.06. The van der Waals surface area contributed by atoms with Gasteiger partial charge in [-0.2, -0.15) is 0 Å². The molecule has 8 aromatic carbocycles. The van der Waals surface area contributed by atoms with Crippen molar-refractivity contribution in [3.63, 3.8) is 0 Å². The molecule has 0 spiro atoms. The van der Waals surface area contributed by atoms with Gasteiger partial charge in [0.1, 0.15) is 11.2 Å². The molecule has 9 aromatic rings. The first-order chi connectivity index (χ1) is 24.2. The van der Waals surface area contributed by atoms with Crippen molar-refractivity contribution in [2.45, 2.75) is 6.92 Å². The van der Waals surface area contributed by atoms with Crippen LogP contribution in [-0.4, -0.2) is 0 Å². The zero-order chi connectivity index (χ0) is 32.7. The average molecular weight is 628 g/mol. The minimum atomic E-state index is 0.913. The van der Waals surface area contributed by atoms with E-state index in [0.29, 0.717) is 0 Å². The number of aryl methyl sites for hydroxylation is 1. The summed E-state index contributed by atoms with van der Waals surface area (Å²) in [7, 11) is 0. The van der Waals surface area contributed by atoms with E-state index in [4.69, 9.17) is 4.42 Å². The number of para-hydroxylation sites is 1. The van der Waals surface area contributed by atoms with Crippen molar-refractivity contribution in [2.24, 2.45) is 0 Å². The summed E-state index contributed by atoms with van der Waals surface area (Å²) in [5, 5.41) is 4.52. The molecular weight excluding hydrogens is 595 g/mol. The summed E-state index contributed by atoms with van der Waals surface area (Å²) >= 11 is 0. The van der Waals surface area contributed by atoms with Gasteiger partial charge in [-0.15, -0.1) is 0 Å². The van der Waals surface area contributed by atoms with Gasteiger partial charge in [-0.3, -0.25) is 0 Å². The topological polar surface area (TPSA) is 16.4 Å². The Bertz CT molecular complexity index is 2580. The van der Waals surface area contributed by atoms with Crippen LogP contribution in [0.1, 0.15) is 5.56 Å². The van der Waals surface area contributed by atoms with Gasteiger partial charge in [-0.05, 0) is 70.6 Å². The van der Waals surface area contributed by atoms with Crippen LogP contribution < -0.4 is 4.90 Å². The molecule has 232 valence electrons. The van der Waals surface area contributed by atoms with E-state index in [9.17, 15) is 0 Å². The molecule has 9 rings (SSSR count). The highest BCUT2D eigenvalue weighted by molar-refractivity contribution is 6.20. The van der Waals surface area contributed by atoms with E-state index < -0.39 is 0 Å². The lowest BCUT2D eigenvalue weighted by atomic mass is 9.97. The van der Waals surface area contributed by atoms with E-state index >= 15 is 0 Å². The second-order valence-electron chi connectivity index (χ2n) is 12.6. The molecule has 0 saturated carbocycles. The SMILES string of the molecule is Cc1cccc2oc3c4ccccc4c(N(c4ccc(-c5ccc(-c6ccccc6)cc5)cc4)c4ccccc4-c4ccccc4)cc3c12. The smallest absolute Gasteiger partial charge is 0.143 e. The van der Waals surface area contributed by atoms with E-state index in [1.807, 2.05) is 0 Å². The highest BCUT2D eigenvalue weighted by atomic mass is 16.3. The van der Waals surface area contributed by atoms with E-state index in [2.05, 4.69) is 194 Å². The number of benzene rings is 8. The highest BCUT2D eigenvalue weighted by Crippen LogP contribution is 2.47. The first kappa shape index (κ1) is 28.8. The summed E-state index contributed by atoms with van der Waals surface area (Å²) in [5.41, 5.74) is 13.5. The third-order valence-electron chi connectivity index (χ3n) is 9.61. The van der Waals surface area contributed by atoms with E-state index in [1.165, 1.54) is 38.9 Å². The van der Waals surface area contributed by atoms with Gasteiger partial charge >= 0.3 is 0 Å². The van der Waals surface area contributed by atoms with Gasteiger partial charge in [-0.25, -0.2) is 0 Å². The summed E-state index contributed by atoms with van der Waals surface area (Å²) in [5.74, 6) is 0. The Morgan fingerprint density at radius 2 is 0.959 bits per heavy atom. The quantitative estimate of drug-likeness (QED) is 0.182. The Morgan fingerprint density at radius 3 is 1.65 bits per heavy atom. The van der Waals surface area contributed by atoms with Gasteiger partial charge in [0.05, 0.1) is 11.4 Å². The van der Waals surface area contributed by atoms with Crippen LogP contribution in [-0.2, 0) is 0 Å².